The minimum Gasteiger partial charge on any atom is -0.493 e. The molecule has 2 N–H and O–H groups in total. The lowest BCUT2D eigenvalue weighted by atomic mass is 9.88. The smallest absolute Gasteiger partial charge is 0.491 e. The number of aromatic nitrogens is 2. The molecular formula is C27H23F3N4O6. The van der Waals surface area contributed by atoms with E-state index in [1.165, 1.54) is 18.3 Å². The largest absolute Gasteiger partial charge is 0.493 e. The Labute approximate surface area is 225 Å². The molecule has 0 fully saturated rings. The second-order valence-electron chi connectivity index (χ2n) is 8.64. The number of rotatable bonds is 11. The highest BCUT2D eigenvalue weighted by Gasteiger charge is 2.42. The van der Waals surface area contributed by atoms with Crippen molar-refractivity contribution in [3.8, 4) is 5.75 Å². The van der Waals surface area contributed by atoms with Gasteiger partial charge in [0, 0.05) is 47.9 Å². The predicted molar refractivity (Wildman–Crippen MR) is 138 cm³/mol. The molecule has 0 saturated heterocycles. The van der Waals surface area contributed by atoms with Gasteiger partial charge in [0.1, 0.15) is 5.75 Å². The van der Waals surface area contributed by atoms with Crippen molar-refractivity contribution in [2.75, 3.05) is 18.5 Å². The molecule has 0 radical (unpaired) electrons. The maximum atomic E-state index is 12.6. The Morgan fingerprint density at radius 2 is 1.88 bits per heavy atom. The van der Waals surface area contributed by atoms with Gasteiger partial charge >= 0.3 is 23.8 Å². The molecule has 208 valence electrons. The molecule has 13 heteroatoms. The summed E-state index contributed by atoms with van der Waals surface area (Å²) in [6.07, 6.45) is -2.13. The summed E-state index contributed by atoms with van der Waals surface area (Å²) in [5.41, 5.74) is 1.83. The van der Waals surface area contributed by atoms with E-state index in [4.69, 9.17) is 4.74 Å². The number of fused-ring (bicyclic) bond motifs is 1. The van der Waals surface area contributed by atoms with Gasteiger partial charge in [0.15, 0.2) is 0 Å². The third-order valence-corrected chi connectivity index (χ3v) is 5.94. The monoisotopic (exact) mass is 556 g/mol. The Kier molecular flexibility index (Phi) is 8.62. The van der Waals surface area contributed by atoms with Crippen molar-refractivity contribution in [2.45, 2.75) is 24.9 Å². The molecular weight excluding hydrogens is 533 g/mol. The van der Waals surface area contributed by atoms with Gasteiger partial charge in [-0.2, -0.15) is 13.2 Å². The normalized spacial score (nSPS) is 12.1. The molecule has 0 aliphatic heterocycles. The van der Waals surface area contributed by atoms with Crippen LogP contribution in [0.3, 0.4) is 0 Å². The zero-order valence-corrected chi connectivity index (χ0v) is 20.8. The number of esters is 2. The number of hydrogen-bond acceptors (Lipinski definition) is 8. The second kappa shape index (κ2) is 12.3. The Balaban J connectivity index is 1.42. The molecule has 10 nitrogen and oxygen atoms in total. The first-order valence-corrected chi connectivity index (χ1v) is 12.1. The summed E-state index contributed by atoms with van der Waals surface area (Å²) >= 11 is 0. The number of nitrogens with zero attached hydrogens (tertiary/aromatic N) is 2. The van der Waals surface area contributed by atoms with Crippen LogP contribution in [0.5, 0.6) is 5.75 Å². The van der Waals surface area contributed by atoms with Crippen LogP contribution < -0.4 is 10.1 Å². The van der Waals surface area contributed by atoms with E-state index in [1.54, 1.807) is 54.7 Å². The van der Waals surface area contributed by atoms with E-state index < -0.39 is 35.4 Å². The van der Waals surface area contributed by atoms with Crippen molar-refractivity contribution in [1.82, 2.24) is 9.97 Å². The van der Waals surface area contributed by atoms with Gasteiger partial charge in [0.25, 0.3) is 0 Å². The fourth-order valence-corrected chi connectivity index (χ4v) is 4.12. The summed E-state index contributed by atoms with van der Waals surface area (Å²) in [5.74, 6) is -3.82. The average Bonchev–Trinajstić information content (AvgIpc) is 3.34. The van der Waals surface area contributed by atoms with Gasteiger partial charge in [-0.1, -0.05) is 30.3 Å². The van der Waals surface area contributed by atoms with Crippen molar-refractivity contribution < 1.29 is 37.2 Å². The zero-order valence-electron chi connectivity index (χ0n) is 20.8. The molecule has 4 rings (SSSR count). The van der Waals surface area contributed by atoms with E-state index >= 15 is 0 Å². The number of halogens is 3. The van der Waals surface area contributed by atoms with E-state index in [0.717, 1.165) is 0 Å². The molecule has 4 aromatic rings. The first kappa shape index (κ1) is 28.1. The fraction of sp³-hybridized carbons (Fsp3) is 0.222. The van der Waals surface area contributed by atoms with E-state index in [1.807, 2.05) is 0 Å². The van der Waals surface area contributed by atoms with Crippen molar-refractivity contribution in [3.05, 3.63) is 94.3 Å². The minimum absolute atomic E-state index is 0.120. The first-order valence-electron chi connectivity index (χ1n) is 12.1. The summed E-state index contributed by atoms with van der Waals surface area (Å²) in [7, 11) is 0. The van der Waals surface area contributed by atoms with Crippen LogP contribution in [0.25, 0.3) is 10.9 Å². The second-order valence-corrected chi connectivity index (χ2v) is 8.64. The van der Waals surface area contributed by atoms with Gasteiger partial charge in [-0.05, 0) is 35.7 Å². The van der Waals surface area contributed by atoms with E-state index in [0.29, 0.717) is 47.4 Å². The molecule has 0 amide bonds. The molecule has 2 heterocycles. The maximum absolute atomic E-state index is 12.6. The molecule has 40 heavy (non-hydrogen) atoms. The highest BCUT2D eigenvalue weighted by molar-refractivity contribution is 5.90. The van der Waals surface area contributed by atoms with Gasteiger partial charge in [0.2, 0.25) is 5.82 Å². The summed E-state index contributed by atoms with van der Waals surface area (Å²) in [5, 5.41) is 14.7. The van der Waals surface area contributed by atoms with Crippen LogP contribution in [0.1, 0.15) is 29.9 Å². The lowest BCUT2D eigenvalue weighted by Gasteiger charge is -2.17. The highest BCUT2D eigenvalue weighted by atomic mass is 19.4. The first-order chi connectivity index (χ1) is 19.1. The molecule has 0 aliphatic carbocycles. The van der Waals surface area contributed by atoms with E-state index in [-0.39, 0.29) is 11.5 Å². The Hall–Kier alpha value is -4.94. The standard InChI is InChI=1S/C27H23F3N4O6/c28-27(29,30)26(36)40-24(35)15-20(17-6-2-1-3-7-17)21-16-33-22-14-18(9-10-19(21)22)39-13-5-12-32-25-23(34(37)38)8-4-11-31-25/h1-4,6-11,14,16,20,33H,5,12-13,15H2,(H,31,32). The van der Waals surface area contributed by atoms with Crippen LogP contribution in [0.4, 0.5) is 24.7 Å². The van der Waals surface area contributed by atoms with Crippen molar-refractivity contribution in [2.24, 2.45) is 0 Å². The lowest BCUT2D eigenvalue weighted by Crippen LogP contribution is -2.28. The third kappa shape index (κ3) is 6.92. The molecule has 2 aromatic carbocycles. The van der Waals surface area contributed by atoms with Crippen molar-refractivity contribution >= 4 is 34.3 Å². The molecule has 0 aliphatic rings. The number of pyridine rings is 1. The SMILES string of the molecule is O=C(CC(c1ccccc1)c1c[nH]c2cc(OCCCNc3ncccc3[N+](=O)[O-])ccc12)OC(=O)C(F)(F)F. The van der Waals surface area contributed by atoms with Crippen LogP contribution >= 0.6 is 0 Å². The number of hydrogen-bond donors (Lipinski definition) is 2. The van der Waals surface area contributed by atoms with Crippen LogP contribution in [0.2, 0.25) is 0 Å². The number of nitrogens with one attached hydrogen (secondary N) is 2. The van der Waals surface area contributed by atoms with Gasteiger partial charge in [-0.15, -0.1) is 0 Å². The molecule has 1 unspecified atom stereocenters. The molecule has 0 spiro atoms. The number of alkyl halides is 3. The maximum Gasteiger partial charge on any atom is 0.491 e. The predicted octanol–water partition coefficient (Wildman–Crippen LogP) is 5.51. The fourth-order valence-electron chi connectivity index (χ4n) is 4.12. The summed E-state index contributed by atoms with van der Waals surface area (Å²) in [4.78, 5) is 41.1. The van der Waals surface area contributed by atoms with Gasteiger partial charge in [-0.25, -0.2) is 9.78 Å². The summed E-state index contributed by atoms with van der Waals surface area (Å²) in [6, 6.07) is 16.7. The zero-order chi connectivity index (χ0) is 28.7. The van der Waals surface area contributed by atoms with Gasteiger partial charge in [-0.3, -0.25) is 14.9 Å². The lowest BCUT2D eigenvalue weighted by molar-refractivity contribution is -0.384. The van der Waals surface area contributed by atoms with Crippen LogP contribution in [-0.4, -0.2) is 46.2 Å². The molecule has 2 aromatic heterocycles. The van der Waals surface area contributed by atoms with Crippen LogP contribution in [0, 0.1) is 10.1 Å². The third-order valence-electron chi connectivity index (χ3n) is 5.94. The average molecular weight is 556 g/mol. The highest BCUT2D eigenvalue weighted by Crippen LogP contribution is 2.35. The van der Waals surface area contributed by atoms with E-state index in [9.17, 15) is 32.9 Å². The Morgan fingerprint density at radius 3 is 2.60 bits per heavy atom. The summed E-state index contributed by atoms with van der Waals surface area (Å²) in [6.45, 7) is 0.691. The number of carbonyl (C=O) groups is 2. The van der Waals surface area contributed by atoms with Gasteiger partial charge < -0.3 is 19.8 Å². The number of aromatic amines is 1. The van der Waals surface area contributed by atoms with Crippen LogP contribution in [0.15, 0.2) is 73.1 Å². The molecule has 0 saturated carbocycles. The quantitative estimate of drug-likeness (QED) is 0.0812. The number of anilines is 1. The number of H-pyrrole nitrogens is 1. The Bertz CT molecular complexity index is 1510. The Morgan fingerprint density at radius 1 is 1.10 bits per heavy atom. The molecule has 0 bridgehead atoms. The number of benzene rings is 2. The van der Waals surface area contributed by atoms with Crippen molar-refractivity contribution in [3.63, 3.8) is 0 Å². The van der Waals surface area contributed by atoms with Crippen molar-refractivity contribution in [1.29, 1.82) is 0 Å². The summed E-state index contributed by atoms with van der Waals surface area (Å²) < 4.78 is 47.5. The number of carbonyl (C=O) groups excluding carboxylic acids is 2. The minimum atomic E-state index is -5.28. The van der Waals surface area contributed by atoms with Gasteiger partial charge in [0.05, 0.1) is 18.0 Å². The van der Waals surface area contributed by atoms with E-state index in [2.05, 4.69) is 20.0 Å². The topological polar surface area (TPSA) is 136 Å². The van der Waals surface area contributed by atoms with Crippen LogP contribution in [-0.2, 0) is 14.3 Å². The number of ether oxygens (including phenoxy) is 2. The number of nitro groups is 1. The molecule has 1 atom stereocenters.